The number of rotatable bonds is 5. The van der Waals surface area contributed by atoms with Gasteiger partial charge in [-0.2, -0.15) is 0 Å². The number of alkyl halides is 2. The minimum absolute atomic E-state index is 0.0553. The van der Waals surface area contributed by atoms with Gasteiger partial charge >= 0.3 is 5.63 Å². The molecule has 0 aliphatic rings. The molecular formula is C19H15Cl2NO5S. The number of benzene rings is 2. The summed E-state index contributed by atoms with van der Waals surface area (Å²) in [7, 11) is -4.10. The summed E-state index contributed by atoms with van der Waals surface area (Å²) in [4.78, 5) is 23.2. The zero-order valence-electron chi connectivity index (χ0n) is 14.6. The van der Waals surface area contributed by atoms with E-state index in [1.165, 1.54) is 18.2 Å². The van der Waals surface area contributed by atoms with Crippen LogP contribution in [0.3, 0.4) is 0 Å². The highest BCUT2D eigenvalue weighted by molar-refractivity contribution is 7.92. The van der Waals surface area contributed by atoms with Crippen LogP contribution in [0, 0.1) is 6.92 Å². The third-order valence-corrected chi connectivity index (χ3v) is 6.86. The maximum Gasteiger partial charge on any atom is 0.349 e. The van der Waals surface area contributed by atoms with Gasteiger partial charge in [-0.25, -0.2) is 13.2 Å². The molecule has 28 heavy (non-hydrogen) atoms. The molecule has 3 rings (SSSR count). The molecule has 0 bridgehead atoms. The fourth-order valence-corrected chi connectivity index (χ4v) is 4.86. The van der Waals surface area contributed by atoms with Crippen LogP contribution in [0.15, 0.2) is 68.7 Å². The molecule has 146 valence electrons. The number of amides is 1. The maximum absolute atomic E-state index is 12.9. The normalized spacial score (nSPS) is 12.9. The molecule has 1 unspecified atom stereocenters. The number of halogens is 2. The Balaban J connectivity index is 1.97. The third kappa shape index (κ3) is 4.06. The number of fused-ring (bicyclic) bond motifs is 1. The van der Waals surface area contributed by atoms with Crippen molar-refractivity contribution < 1.29 is 17.6 Å². The van der Waals surface area contributed by atoms with Crippen molar-refractivity contribution in [2.75, 3.05) is 0 Å². The van der Waals surface area contributed by atoms with Crippen molar-refractivity contribution in [1.29, 1.82) is 0 Å². The predicted octanol–water partition coefficient (Wildman–Crippen LogP) is 3.43. The molecule has 9 heteroatoms. The highest BCUT2D eigenvalue weighted by Gasteiger charge is 2.35. The summed E-state index contributed by atoms with van der Waals surface area (Å²) in [5, 5.41) is 1.10. The molecule has 0 aliphatic carbocycles. The second-order valence-corrected chi connectivity index (χ2v) is 9.31. The van der Waals surface area contributed by atoms with Gasteiger partial charge in [0, 0.05) is 5.39 Å². The molecule has 3 aromatic rings. The van der Waals surface area contributed by atoms with Gasteiger partial charge in [0.15, 0.2) is 5.37 Å². The molecule has 0 saturated heterocycles. The Morgan fingerprint density at radius 3 is 2.36 bits per heavy atom. The van der Waals surface area contributed by atoms with Crippen molar-refractivity contribution >= 4 is 49.9 Å². The van der Waals surface area contributed by atoms with E-state index in [1.54, 1.807) is 43.3 Å². The second kappa shape index (κ2) is 7.95. The summed E-state index contributed by atoms with van der Waals surface area (Å²) in [6.07, 6.45) is 0. The van der Waals surface area contributed by atoms with Crippen LogP contribution < -0.4 is 10.9 Å². The quantitative estimate of drug-likeness (QED) is 0.485. The van der Waals surface area contributed by atoms with E-state index in [4.69, 9.17) is 27.6 Å². The lowest BCUT2D eigenvalue weighted by Gasteiger charge is -2.20. The summed E-state index contributed by atoms with van der Waals surface area (Å²) in [5.41, 5.74) is -0.0813. The molecule has 0 aliphatic heterocycles. The number of para-hydroxylation sites is 1. The van der Waals surface area contributed by atoms with Crippen LogP contribution in [-0.2, 0) is 9.84 Å². The number of sulfone groups is 1. The lowest BCUT2D eigenvalue weighted by molar-refractivity contribution is 0.0946. The van der Waals surface area contributed by atoms with E-state index in [1.807, 2.05) is 0 Å². The Bertz CT molecular complexity index is 1190. The average Bonchev–Trinajstić information content (AvgIpc) is 2.65. The molecule has 2 aromatic carbocycles. The molecule has 0 spiro atoms. The fraction of sp³-hybridized carbons (Fsp3) is 0.158. The fourth-order valence-electron chi connectivity index (χ4n) is 2.58. The van der Waals surface area contributed by atoms with E-state index in [2.05, 4.69) is 5.32 Å². The van der Waals surface area contributed by atoms with Crippen LogP contribution >= 0.6 is 23.2 Å². The largest absolute Gasteiger partial charge is 0.422 e. The van der Waals surface area contributed by atoms with Crippen LogP contribution in [0.5, 0.6) is 0 Å². The van der Waals surface area contributed by atoms with Crippen molar-refractivity contribution in [3.8, 4) is 0 Å². The topological polar surface area (TPSA) is 93.4 Å². The van der Waals surface area contributed by atoms with Crippen LogP contribution in [0.2, 0.25) is 0 Å². The van der Waals surface area contributed by atoms with E-state index in [0.717, 1.165) is 5.56 Å². The molecular weight excluding hydrogens is 425 g/mol. The van der Waals surface area contributed by atoms with Crippen molar-refractivity contribution in [1.82, 2.24) is 5.32 Å². The van der Waals surface area contributed by atoms with Gasteiger partial charge in [0.2, 0.25) is 9.84 Å². The van der Waals surface area contributed by atoms with Crippen LogP contribution in [0.4, 0.5) is 0 Å². The first-order valence-corrected chi connectivity index (χ1v) is 10.5. The SMILES string of the molecule is Cc1ccc(S(=O)(=O)C(NC(=O)c2cc3ccccc3oc2=O)C(Cl)Cl)cc1. The van der Waals surface area contributed by atoms with Gasteiger partial charge in [-0.3, -0.25) is 4.79 Å². The molecule has 0 radical (unpaired) electrons. The van der Waals surface area contributed by atoms with Crippen molar-refractivity contribution in [3.05, 3.63) is 76.1 Å². The van der Waals surface area contributed by atoms with Gasteiger partial charge in [0.1, 0.15) is 16.0 Å². The highest BCUT2D eigenvalue weighted by Crippen LogP contribution is 2.23. The Morgan fingerprint density at radius 2 is 1.71 bits per heavy atom. The van der Waals surface area contributed by atoms with Gasteiger partial charge < -0.3 is 9.73 Å². The van der Waals surface area contributed by atoms with Crippen molar-refractivity contribution in [2.24, 2.45) is 0 Å². The molecule has 1 amide bonds. The summed E-state index contributed by atoms with van der Waals surface area (Å²) >= 11 is 11.7. The van der Waals surface area contributed by atoms with E-state index in [9.17, 15) is 18.0 Å². The number of carbonyl (C=O) groups is 1. The monoisotopic (exact) mass is 439 g/mol. The molecule has 1 heterocycles. The average molecular weight is 440 g/mol. The highest BCUT2D eigenvalue weighted by atomic mass is 35.5. The smallest absolute Gasteiger partial charge is 0.349 e. The standard InChI is InChI=1S/C19H15Cl2NO5S/c1-11-6-8-13(9-7-11)28(25,26)18(16(20)21)22-17(23)14-10-12-4-2-3-5-15(12)27-19(14)24/h2-10,16,18H,1H3,(H,22,23). The number of carbonyl (C=O) groups excluding carboxylic acids is 1. The first-order valence-electron chi connectivity index (χ1n) is 8.12. The predicted molar refractivity (Wildman–Crippen MR) is 108 cm³/mol. The van der Waals surface area contributed by atoms with Crippen molar-refractivity contribution in [2.45, 2.75) is 22.0 Å². The first-order chi connectivity index (χ1) is 13.2. The lowest BCUT2D eigenvalue weighted by Crippen LogP contribution is -2.46. The Morgan fingerprint density at radius 1 is 1.07 bits per heavy atom. The third-order valence-electron chi connectivity index (χ3n) is 4.07. The van der Waals surface area contributed by atoms with Gasteiger partial charge in [-0.1, -0.05) is 35.9 Å². The lowest BCUT2D eigenvalue weighted by atomic mass is 10.2. The summed E-state index contributed by atoms with van der Waals surface area (Å²) < 4.78 is 30.8. The van der Waals surface area contributed by atoms with Gasteiger partial charge in [-0.05, 0) is 31.2 Å². The van der Waals surface area contributed by atoms with Gasteiger partial charge in [0.25, 0.3) is 5.91 Å². The van der Waals surface area contributed by atoms with Gasteiger partial charge in [0.05, 0.1) is 4.90 Å². The van der Waals surface area contributed by atoms with Crippen LogP contribution in [0.1, 0.15) is 15.9 Å². The van der Waals surface area contributed by atoms with E-state index < -0.39 is 31.6 Å². The van der Waals surface area contributed by atoms with Crippen molar-refractivity contribution in [3.63, 3.8) is 0 Å². The molecule has 1 N–H and O–H groups in total. The number of nitrogens with one attached hydrogen (secondary N) is 1. The van der Waals surface area contributed by atoms with Crippen LogP contribution in [0.25, 0.3) is 11.0 Å². The minimum Gasteiger partial charge on any atom is -0.422 e. The zero-order chi connectivity index (χ0) is 20.5. The molecule has 6 nitrogen and oxygen atoms in total. The molecule has 0 saturated carbocycles. The van der Waals surface area contributed by atoms with Gasteiger partial charge in [-0.15, -0.1) is 23.2 Å². The van der Waals surface area contributed by atoms with E-state index in [-0.39, 0.29) is 10.5 Å². The summed E-state index contributed by atoms with van der Waals surface area (Å²) in [5.74, 6) is -0.952. The number of hydrogen-bond donors (Lipinski definition) is 1. The minimum atomic E-state index is -4.10. The first kappa shape index (κ1) is 20.4. The zero-order valence-corrected chi connectivity index (χ0v) is 16.9. The Hall–Kier alpha value is -2.35. The molecule has 1 atom stereocenters. The second-order valence-electron chi connectivity index (χ2n) is 6.07. The Kier molecular flexibility index (Phi) is 5.79. The number of hydrogen-bond acceptors (Lipinski definition) is 5. The van der Waals surface area contributed by atoms with E-state index in [0.29, 0.717) is 11.0 Å². The number of aryl methyl sites for hydroxylation is 1. The van der Waals surface area contributed by atoms with E-state index >= 15 is 0 Å². The maximum atomic E-state index is 12.9. The summed E-state index contributed by atoms with van der Waals surface area (Å²) in [6.45, 7) is 1.81. The molecule has 1 aromatic heterocycles. The summed E-state index contributed by atoms with van der Waals surface area (Å²) in [6, 6.07) is 14.0. The Labute approximate surface area is 171 Å². The molecule has 0 fully saturated rings. The van der Waals surface area contributed by atoms with Crippen LogP contribution in [-0.4, -0.2) is 24.5 Å².